The minimum absolute atomic E-state index is 0.452. The molecule has 0 heterocycles. The Morgan fingerprint density at radius 3 is 2.47 bits per heavy atom. The fourth-order valence-corrected chi connectivity index (χ4v) is 2.82. The Kier molecular flexibility index (Phi) is 4.04. The van der Waals surface area contributed by atoms with Crippen LogP contribution in [0.1, 0.15) is 51.9 Å². The highest BCUT2D eigenvalue weighted by molar-refractivity contribution is 4.88. The third-order valence-corrected chi connectivity index (χ3v) is 4.06. The van der Waals surface area contributed by atoms with Gasteiger partial charge in [-0.2, -0.15) is 0 Å². The summed E-state index contributed by atoms with van der Waals surface area (Å²) in [5, 5.41) is 3.80. The van der Waals surface area contributed by atoms with Crippen LogP contribution in [0, 0.1) is 5.92 Å². The third-order valence-electron chi connectivity index (χ3n) is 4.06. The third kappa shape index (κ3) is 3.18. The van der Waals surface area contributed by atoms with E-state index in [1.165, 1.54) is 44.9 Å². The monoisotopic (exact) mass is 211 g/mol. The predicted molar refractivity (Wildman–Crippen MR) is 63.0 cm³/mol. The zero-order valence-corrected chi connectivity index (χ0v) is 10.2. The van der Waals surface area contributed by atoms with Gasteiger partial charge in [-0.3, -0.25) is 0 Å². The van der Waals surface area contributed by atoms with E-state index in [2.05, 4.69) is 12.2 Å². The van der Waals surface area contributed by atoms with E-state index < -0.39 is 0 Å². The van der Waals surface area contributed by atoms with Crippen LogP contribution in [0.15, 0.2) is 0 Å². The Balaban J connectivity index is 1.84. The van der Waals surface area contributed by atoms with Gasteiger partial charge in [0.05, 0.1) is 6.10 Å². The molecule has 2 nitrogen and oxygen atoms in total. The van der Waals surface area contributed by atoms with Gasteiger partial charge in [0.15, 0.2) is 0 Å². The van der Waals surface area contributed by atoms with Crippen LogP contribution in [0.4, 0.5) is 0 Å². The molecule has 0 aromatic heterocycles. The number of methoxy groups -OCH3 is 1. The smallest absolute Gasteiger partial charge is 0.0724 e. The van der Waals surface area contributed by atoms with E-state index in [0.717, 1.165) is 5.92 Å². The molecule has 0 aromatic carbocycles. The molecule has 2 aliphatic carbocycles. The first-order valence-corrected chi connectivity index (χ1v) is 6.60. The lowest BCUT2D eigenvalue weighted by Gasteiger charge is -2.28. The van der Waals surface area contributed by atoms with Gasteiger partial charge in [0, 0.05) is 19.2 Å². The molecule has 0 spiro atoms. The quantitative estimate of drug-likeness (QED) is 0.722. The van der Waals surface area contributed by atoms with Crippen LogP contribution in [-0.2, 0) is 4.74 Å². The molecule has 2 saturated carbocycles. The van der Waals surface area contributed by atoms with E-state index in [9.17, 15) is 0 Å². The van der Waals surface area contributed by atoms with Gasteiger partial charge in [-0.1, -0.05) is 19.3 Å². The molecule has 2 heteroatoms. The second-order valence-electron chi connectivity index (χ2n) is 5.31. The maximum atomic E-state index is 5.62. The molecule has 0 radical (unpaired) electrons. The molecule has 2 aliphatic rings. The standard InChI is InChI=1S/C13H25NO/c1-10(11-8-9-11)14-12-6-4-3-5-7-13(12)15-2/h10-14H,3-9H2,1-2H3. The molecule has 0 amide bonds. The maximum absolute atomic E-state index is 5.62. The fourth-order valence-electron chi connectivity index (χ4n) is 2.82. The topological polar surface area (TPSA) is 21.3 Å². The lowest BCUT2D eigenvalue weighted by Crippen LogP contribution is -2.45. The van der Waals surface area contributed by atoms with E-state index >= 15 is 0 Å². The second kappa shape index (κ2) is 5.31. The summed E-state index contributed by atoms with van der Waals surface area (Å²) < 4.78 is 5.62. The van der Waals surface area contributed by atoms with Crippen molar-refractivity contribution in [3.05, 3.63) is 0 Å². The number of hydrogen-bond donors (Lipinski definition) is 1. The van der Waals surface area contributed by atoms with E-state index in [-0.39, 0.29) is 0 Å². The van der Waals surface area contributed by atoms with Crippen LogP contribution in [0.5, 0.6) is 0 Å². The lowest BCUT2D eigenvalue weighted by molar-refractivity contribution is 0.0587. The van der Waals surface area contributed by atoms with Crippen LogP contribution in [0.25, 0.3) is 0 Å². The molecular weight excluding hydrogens is 186 g/mol. The molecule has 0 aromatic rings. The summed E-state index contributed by atoms with van der Waals surface area (Å²) in [6.07, 6.45) is 9.95. The highest BCUT2D eigenvalue weighted by Crippen LogP contribution is 2.33. The average molecular weight is 211 g/mol. The maximum Gasteiger partial charge on any atom is 0.0724 e. The molecule has 15 heavy (non-hydrogen) atoms. The predicted octanol–water partition coefficient (Wildman–Crippen LogP) is 2.72. The van der Waals surface area contributed by atoms with Crippen LogP contribution >= 0.6 is 0 Å². The number of ether oxygens (including phenoxy) is 1. The Hall–Kier alpha value is -0.0800. The average Bonchev–Trinajstić information content (AvgIpc) is 3.05. The highest BCUT2D eigenvalue weighted by Gasteiger charge is 2.31. The first-order chi connectivity index (χ1) is 7.31. The van der Waals surface area contributed by atoms with E-state index in [1.54, 1.807) is 0 Å². The lowest BCUT2D eigenvalue weighted by atomic mass is 10.0. The van der Waals surface area contributed by atoms with Gasteiger partial charge < -0.3 is 10.1 Å². The number of hydrogen-bond acceptors (Lipinski definition) is 2. The molecule has 1 N–H and O–H groups in total. The van der Waals surface area contributed by atoms with Crippen LogP contribution < -0.4 is 5.32 Å². The van der Waals surface area contributed by atoms with Crippen molar-refractivity contribution in [2.24, 2.45) is 5.92 Å². The highest BCUT2D eigenvalue weighted by atomic mass is 16.5. The van der Waals surface area contributed by atoms with E-state index in [0.29, 0.717) is 18.2 Å². The molecule has 3 unspecified atom stereocenters. The van der Waals surface area contributed by atoms with Gasteiger partial charge in [0.2, 0.25) is 0 Å². The van der Waals surface area contributed by atoms with Gasteiger partial charge in [-0.05, 0) is 38.5 Å². The molecule has 2 rings (SSSR count). The van der Waals surface area contributed by atoms with Crippen molar-refractivity contribution in [1.82, 2.24) is 5.32 Å². The van der Waals surface area contributed by atoms with Gasteiger partial charge in [-0.15, -0.1) is 0 Å². The molecule has 3 atom stereocenters. The minimum atomic E-state index is 0.452. The Bertz CT molecular complexity index is 191. The van der Waals surface area contributed by atoms with Crippen molar-refractivity contribution in [3.8, 4) is 0 Å². The summed E-state index contributed by atoms with van der Waals surface area (Å²) in [5.74, 6) is 0.950. The van der Waals surface area contributed by atoms with Crippen LogP contribution in [0.2, 0.25) is 0 Å². The summed E-state index contributed by atoms with van der Waals surface area (Å²) in [6, 6.07) is 1.30. The number of nitrogens with one attached hydrogen (secondary N) is 1. The largest absolute Gasteiger partial charge is 0.380 e. The van der Waals surface area contributed by atoms with Crippen molar-refractivity contribution < 1.29 is 4.74 Å². The van der Waals surface area contributed by atoms with Crippen LogP contribution in [-0.4, -0.2) is 25.3 Å². The Labute approximate surface area is 93.8 Å². The Morgan fingerprint density at radius 2 is 1.80 bits per heavy atom. The summed E-state index contributed by atoms with van der Waals surface area (Å²) in [7, 11) is 1.87. The summed E-state index contributed by atoms with van der Waals surface area (Å²) >= 11 is 0. The fraction of sp³-hybridized carbons (Fsp3) is 1.00. The molecule has 88 valence electrons. The summed E-state index contributed by atoms with van der Waals surface area (Å²) in [4.78, 5) is 0. The van der Waals surface area contributed by atoms with Crippen molar-refractivity contribution in [2.45, 2.75) is 70.1 Å². The van der Waals surface area contributed by atoms with Crippen molar-refractivity contribution in [1.29, 1.82) is 0 Å². The van der Waals surface area contributed by atoms with Crippen molar-refractivity contribution in [3.63, 3.8) is 0 Å². The number of rotatable bonds is 4. The molecule has 0 aliphatic heterocycles. The van der Waals surface area contributed by atoms with E-state index in [1.807, 2.05) is 7.11 Å². The molecule has 0 saturated heterocycles. The normalized spacial score (nSPS) is 34.8. The van der Waals surface area contributed by atoms with Crippen molar-refractivity contribution in [2.75, 3.05) is 7.11 Å². The van der Waals surface area contributed by atoms with Gasteiger partial charge in [0.1, 0.15) is 0 Å². The van der Waals surface area contributed by atoms with Crippen LogP contribution in [0.3, 0.4) is 0 Å². The molecule has 2 fully saturated rings. The molecular formula is C13H25NO. The minimum Gasteiger partial charge on any atom is -0.380 e. The van der Waals surface area contributed by atoms with Gasteiger partial charge >= 0.3 is 0 Å². The van der Waals surface area contributed by atoms with Crippen molar-refractivity contribution >= 4 is 0 Å². The zero-order chi connectivity index (χ0) is 10.7. The SMILES string of the molecule is COC1CCCCCC1NC(C)C1CC1. The second-order valence-corrected chi connectivity index (χ2v) is 5.31. The van der Waals surface area contributed by atoms with Gasteiger partial charge in [-0.25, -0.2) is 0 Å². The first-order valence-electron chi connectivity index (χ1n) is 6.60. The van der Waals surface area contributed by atoms with E-state index in [4.69, 9.17) is 4.74 Å². The van der Waals surface area contributed by atoms with Gasteiger partial charge in [0.25, 0.3) is 0 Å². The summed E-state index contributed by atoms with van der Waals surface area (Å²) in [5.41, 5.74) is 0. The molecule has 0 bridgehead atoms. The summed E-state index contributed by atoms with van der Waals surface area (Å²) in [6.45, 7) is 2.34. The Morgan fingerprint density at radius 1 is 1.07 bits per heavy atom. The zero-order valence-electron chi connectivity index (χ0n) is 10.2. The first kappa shape index (κ1) is 11.4.